The molecule has 0 aliphatic carbocycles. The molecule has 12 heteroatoms. The van der Waals surface area contributed by atoms with Gasteiger partial charge in [0.15, 0.2) is 0 Å². The molecule has 0 saturated carbocycles. The number of carbonyl (C=O) groups is 4. The van der Waals surface area contributed by atoms with Gasteiger partial charge in [0.1, 0.15) is 22.8 Å². The molecule has 272 valence electrons. The van der Waals surface area contributed by atoms with Gasteiger partial charge in [-0.25, -0.2) is 4.98 Å². The van der Waals surface area contributed by atoms with E-state index in [0.29, 0.717) is 17.8 Å². The number of methoxy groups -OCH3 is 1. The summed E-state index contributed by atoms with van der Waals surface area (Å²) >= 11 is 1.32. The maximum Gasteiger partial charge on any atom is 0.306 e. The molecule has 1 saturated heterocycles. The standard InChI is InChI=1S/C37H57N5O6S/c1-9-24(4)32(40-34(44)29-17-13-14-18-41(29)6)36(45)42(7)30(23(2)3)21-31(48-8)35-39-28(22-49-35)33(43)38-27(19-25(5)37(46)47)20-26-15-11-10-12-16-26/h10-12,15-16,22-25,27,29-32H,9,13-14,17-21H2,1-8H3,(H,38,43)(H,40,44)(H,46,47)/t24-,25?,27+,29+,30+,31+,32-/m0/s1. The summed E-state index contributed by atoms with van der Waals surface area (Å²) < 4.78 is 5.90. The summed E-state index contributed by atoms with van der Waals surface area (Å²) in [5, 5.41) is 17.9. The van der Waals surface area contributed by atoms with Crippen molar-refractivity contribution in [2.24, 2.45) is 17.8 Å². The summed E-state index contributed by atoms with van der Waals surface area (Å²) in [5.41, 5.74) is 1.24. The van der Waals surface area contributed by atoms with Crippen LogP contribution in [0.2, 0.25) is 0 Å². The van der Waals surface area contributed by atoms with Gasteiger partial charge >= 0.3 is 5.97 Å². The van der Waals surface area contributed by atoms with Crippen LogP contribution in [0.1, 0.15) is 100 Å². The highest BCUT2D eigenvalue weighted by Gasteiger charge is 2.37. The van der Waals surface area contributed by atoms with Crippen molar-refractivity contribution in [3.8, 4) is 0 Å². The zero-order chi connectivity index (χ0) is 36.2. The molecule has 2 aromatic rings. The fourth-order valence-electron chi connectivity index (χ4n) is 6.54. The lowest BCUT2D eigenvalue weighted by Gasteiger charge is -2.38. The van der Waals surface area contributed by atoms with Crippen LogP contribution in [0, 0.1) is 17.8 Å². The number of likely N-dealkylation sites (tertiary alicyclic amines) is 1. The molecule has 1 aromatic carbocycles. The van der Waals surface area contributed by atoms with E-state index in [4.69, 9.17) is 4.74 Å². The number of likely N-dealkylation sites (N-methyl/N-ethyl adjacent to an activating group) is 2. The third kappa shape index (κ3) is 11.3. The molecule has 1 unspecified atom stereocenters. The fourth-order valence-corrected chi connectivity index (χ4v) is 7.42. The van der Waals surface area contributed by atoms with Gasteiger partial charge in [-0.1, -0.05) is 77.8 Å². The minimum Gasteiger partial charge on any atom is -0.481 e. The number of carbonyl (C=O) groups excluding carboxylic acids is 3. The van der Waals surface area contributed by atoms with Crippen molar-refractivity contribution in [1.82, 2.24) is 25.4 Å². The van der Waals surface area contributed by atoms with Crippen molar-refractivity contribution in [2.45, 2.75) is 110 Å². The van der Waals surface area contributed by atoms with Crippen LogP contribution >= 0.6 is 11.3 Å². The van der Waals surface area contributed by atoms with Crippen molar-refractivity contribution >= 4 is 35.0 Å². The fraction of sp³-hybridized carbons (Fsp3) is 0.649. The van der Waals surface area contributed by atoms with Crippen molar-refractivity contribution in [1.29, 1.82) is 0 Å². The Labute approximate surface area is 296 Å². The van der Waals surface area contributed by atoms with Gasteiger partial charge in [0.25, 0.3) is 5.91 Å². The zero-order valence-electron chi connectivity index (χ0n) is 30.5. The average Bonchev–Trinajstić information content (AvgIpc) is 3.57. The molecule has 1 aliphatic rings. The minimum atomic E-state index is -0.913. The Bertz CT molecular complexity index is 1370. The molecule has 1 aromatic heterocycles. The number of carboxylic acid groups (broad SMARTS) is 1. The monoisotopic (exact) mass is 699 g/mol. The lowest BCUT2D eigenvalue weighted by Crippen LogP contribution is -2.58. The number of thiazole rings is 1. The van der Waals surface area contributed by atoms with Gasteiger partial charge in [-0.15, -0.1) is 11.3 Å². The van der Waals surface area contributed by atoms with Crippen molar-refractivity contribution in [3.63, 3.8) is 0 Å². The van der Waals surface area contributed by atoms with Gasteiger partial charge in [-0.05, 0) is 56.7 Å². The number of nitrogens with one attached hydrogen (secondary N) is 2. The number of piperidine rings is 1. The number of amides is 3. The van der Waals surface area contributed by atoms with Gasteiger partial charge in [0.2, 0.25) is 11.8 Å². The summed E-state index contributed by atoms with van der Waals surface area (Å²) in [5.74, 6) is -2.13. The van der Waals surface area contributed by atoms with Crippen LogP contribution in [0.25, 0.3) is 0 Å². The van der Waals surface area contributed by atoms with Crippen molar-refractivity contribution < 1.29 is 29.0 Å². The first-order valence-electron chi connectivity index (χ1n) is 17.6. The van der Waals surface area contributed by atoms with E-state index in [1.165, 1.54) is 11.3 Å². The number of carboxylic acids is 1. The molecule has 3 N–H and O–H groups in total. The van der Waals surface area contributed by atoms with Gasteiger partial charge < -0.3 is 25.4 Å². The predicted molar refractivity (Wildman–Crippen MR) is 192 cm³/mol. The van der Waals surface area contributed by atoms with E-state index in [-0.39, 0.29) is 53.8 Å². The number of aliphatic carboxylic acids is 1. The van der Waals surface area contributed by atoms with Crippen LogP contribution in [0.4, 0.5) is 0 Å². The van der Waals surface area contributed by atoms with Crippen LogP contribution in [0.3, 0.4) is 0 Å². The first kappa shape index (κ1) is 40.1. The number of ether oxygens (including phenoxy) is 1. The topological polar surface area (TPSA) is 141 Å². The number of aromatic nitrogens is 1. The van der Waals surface area contributed by atoms with Crippen LogP contribution in [-0.4, -0.2) is 95.5 Å². The number of hydrogen-bond donors (Lipinski definition) is 3. The number of hydrogen-bond acceptors (Lipinski definition) is 8. The molecule has 2 heterocycles. The summed E-state index contributed by atoms with van der Waals surface area (Å²) in [6.45, 7) is 10.6. The van der Waals surface area contributed by atoms with E-state index in [1.807, 2.05) is 51.2 Å². The second-order valence-corrected chi connectivity index (χ2v) is 14.9. The number of benzene rings is 1. The molecular weight excluding hydrogens is 643 g/mol. The Balaban J connectivity index is 1.74. The van der Waals surface area contributed by atoms with E-state index >= 15 is 0 Å². The summed E-state index contributed by atoms with van der Waals surface area (Å²) in [6, 6.07) is 8.14. The summed E-state index contributed by atoms with van der Waals surface area (Å²) in [6.07, 6.45) is 4.33. The smallest absolute Gasteiger partial charge is 0.306 e. The Morgan fingerprint density at radius 2 is 1.78 bits per heavy atom. The summed E-state index contributed by atoms with van der Waals surface area (Å²) in [4.78, 5) is 60.9. The Morgan fingerprint density at radius 3 is 2.37 bits per heavy atom. The van der Waals surface area contributed by atoms with Gasteiger partial charge in [0.05, 0.1) is 12.0 Å². The second-order valence-electron chi connectivity index (χ2n) is 14.0. The van der Waals surface area contributed by atoms with Crippen LogP contribution in [-0.2, 0) is 25.5 Å². The van der Waals surface area contributed by atoms with Gasteiger partial charge in [-0.3, -0.25) is 24.1 Å². The van der Waals surface area contributed by atoms with Gasteiger partial charge in [0, 0.05) is 38.0 Å². The molecule has 0 spiro atoms. The lowest BCUT2D eigenvalue weighted by atomic mass is 9.92. The second kappa shape index (κ2) is 19.2. The first-order valence-corrected chi connectivity index (χ1v) is 18.5. The molecule has 1 aliphatic heterocycles. The molecule has 1 fully saturated rings. The number of nitrogens with zero attached hydrogens (tertiary/aromatic N) is 3. The predicted octanol–water partition coefficient (Wildman–Crippen LogP) is 5.17. The normalized spacial score (nSPS) is 18.9. The third-order valence-corrected chi connectivity index (χ3v) is 10.9. The Morgan fingerprint density at radius 1 is 1.08 bits per heavy atom. The molecule has 3 amide bonds. The van der Waals surface area contributed by atoms with Crippen LogP contribution in [0.5, 0.6) is 0 Å². The molecule has 0 radical (unpaired) electrons. The quantitative estimate of drug-likeness (QED) is 0.194. The third-order valence-electron chi connectivity index (χ3n) is 9.95. The maximum atomic E-state index is 14.1. The van der Waals surface area contributed by atoms with Crippen LogP contribution in [0.15, 0.2) is 35.7 Å². The van der Waals surface area contributed by atoms with E-state index in [2.05, 4.69) is 34.4 Å². The van der Waals surface area contributed by atoms with E-state index in [0.717, 1.165) is 37.8 Å². The van der Waals surface area contributed by atoms with Crippen molar-refractivity contribution in [3.05, 3.63) is 52.0 Å². The molecule has 49 heavy (non-hydrogen) atoms. The maximum absolute atomic E-state index is 14.1. The highest BCUT2D eigenvalue weighted by Crippen LogP contribution is 2.30. The highest BCUT2D eigenvalue weighted by atomic mass is 32.1. The van der Waals surface area contributed by atoms with Crippen LogP contribution < -0.4 is 10.6 Å². The van der Waals surface area contributed by atoms with Crippen molar-refractivity contribution in [2.75, 3.05) is 27.7 Å². The molecule has 3 rings (SSSR count). The SMILES string of the molecule is CC[C@H](C)[C@H](NC(=O)[C@H]1CCCCN1C)C(=O)N(C)[C@H](C[C@@H](OC)c1nc(C(=O)N[C@@H](Cc2ccccc2)CC(C)C(=O)O)cs1)C(C)C. The van der Waals surface area contributed by atoms with E-state index < -0.39 is 30.1 Å². The molecule has 7 atom stereocenters. The minimum absolute atomic E-state index is 0.0527. The molecule has 11 nitrogen and oxygen atoms in total. The summed E-state index contributed by atoms with van der Waals surface area (Å²) in [7, 11) is 5.35. The average molecular weight is 700 g/mol. The molecule has 0 bridgehead atoms. The first-order chi connectivity index (χ1) is 23.3. The zero-order valence-corrected chi connectivity index (χ0v) is 31.3. The van der Waals surface area contributed by atoms with E-state index in [9.17, 15) is 24.3 Å². The largest absolute Gasteiger partial charge is 0.481 e. The Kier molecular flexibility index (Phi) is 15.7. The highest BCUT2D eigenvalue weighted by molar-refractivity contribution is 7.09. The van der Waals surface area contributed by atoms with E-state index in [1.54, 1.807) is 31.4 Å². The lowest BCUT2D eigenvalue weighted by molar-refractivity contribution is -0.141. The Hall–Kier alpha value is -3.35. The van der Waals surface area contributed by atoms with Gasteiger partial charge in [-0.2, -0.15) is 0 Å². The number of rotatable bonds is 18. The molecular formula is C37H57N5O6S.